The molecule has 4 nitrogen and oxygen atoms in total. The van der Waals surface area contributed by atoms with Gasteiger partial charge in [-0.3, -0.25) is 9.13 Å². The van der Waals surface area contributed by atoms with E-state index < -0.39 is 0 Å². The van der Waals surface area contributed by atoms with Gasteiger partial charge in [-0.25, -0.2) is 9.97 Å². The van der Waals surface area contributed by atoms with E-state index in [0.29, 0.717) is 0 Å². The number of hydrogen-bond donors (Lipinski definition) is 0. The highest BCUT2D eigenvalue weighted by molar-refractivity contribution is 9.10. The van der Waals surface area contributed by atoms with E-state index in [-0.39, 0.29) is 0 Å². The molecule has 0 spiro atoms. The molecule has 37 heavy (non-hydrogen) atoms. The van der Waals surface area contributed by atoms with E-state index in [9.17, 15) is 0 Å². The van der Waals surface area contributed by atoms with Gasteiger partial charge in [-0.05, 0) is 42.5 Å². The Bertz CT molecular complexity index is 1890. The predicted molar refractivity (Wildman–Crippen MR) is 154 cm³/mol. The molecule has 2 aromatic heterocycles. The zero-order valence-electron chi connectivity index (χ0n) is 19.8. The maximum absolute atomic E-state index is 5.08. The third-order valence-electron chi connectivity index (χ3n) is 6.60. The van der Waals surface area contributed by atoms with Gasteiger partial charge in [-0.1, -0.05) is 101 Å². The van der Waals surface area contributed by atoms with Crippen LogP contribution < -0.4 is 0 Å². The van der Waals surface area contributed by atoms with Crippen molar-refractivity contribution in [2.45, 2.75) is 0 Å². The summed E-state index contributed by atoms with van der Waals surface area (Å²) in [6.45, 7) is 0. The summed E-state index contributed by atoms with van der Waals surface area (Å²) in [7, 11) is 0. The van der Waals surface area contributed by atoms with Crippen molar-refractivity contribution in [2.24, 2.45) is 0 Å². The number of aromatic nitrogens is 4. The van der Waals surface area contributed by atoms with Crippen LogP contribution in [0.15, 0.2) is 132 Å². The number of benzene rings is 5. The molecule has 0 N–H and O–H groups in total. The lowest BCUT2D eigenvalue weighted by molar-refractivity contribution is 1.03. The number of fused-ring (bicyclic) bond motifs is 2. The summed E-state index contributed by atoms with van der Waals surface area (Å²) in [5.74, 6) is 1.79. The molecule has 0 atom stereocenters. The summed E-state index contributed by atoms with van der Waals surface area (Å²) in [6, 6.07) is 43.7. The van der Waals surface area contributed by atoms with Crippen LogP contribution in [0.25, 0.3) is 56.2 Å². The molecule has 0 amide bonds. The first kappa shape index (κ1) is 21.8. The minimum Gasteiger partial charge on any atom is -0.290 e. The second-order valence-corrected chi connectivity index (χ2v) is 9.80. The first-order valence-corrected chi connectivity index (χ1v) is 12.9. The van der Waals surface area contributed by atoms with E-state index in [4.69, 9.17) is 9.97 Å². The minimum absolute atomic E-state index is 0.895. The summed E-state index contributed by atoms with van der Waals surface area (Å²) < 4.78 is 5.51. The van der Waals surface area contributed by atoms with E-state index in [1.165, 1.54) is 0 Å². The van der Waals surface area contributed by atoms with E-state index in [1.807, 2.05) is 24.3 Å². The van der Waals surface area contributed by atoms with Gasteiger partial charge in [0.05, 0.1) is 33.4 Å². The van der Waals surface area contributed by atoms with E-state index in [0.717, 1.165) is 60.7 Å². The third kappa shape index (κ3) is 3.67. The highest BCUT2D eigenvalue weighted by Crippen LogP contribution is 2.36. The van der Waals surface area contributed by atoms with E-state index in [2.05, 4.69) is 128 Å². The Morgan fingerprint density at radius 2 is 0.919 bits per heavy atom. The Labute approximate surface area is 222 Å². The van der Waals surface area contributed by atoms with Gasteiger partial charge in [0.1, 0.15) is 11.6 Å². The summed E-state index contributed by atoms with van der Waals surface area (Å²) in [6.07, 6.45) is 0. The van der Waals surface area contributed by atoms with Gasteiger partial charge in [0.25, 0.3) is 0 Å². The molecule has 0 radical (unpaired) electrons. The first-order chi connectivity index (χ1) is 18.3. The number of nitrogens with zero attached hydrogens (tertiary/aromatic N) is 4. The van der Waals surface area contributed by atoms with Crippen molar-refractivity contribution < 1.29 is 0 Å². The monoisotopic (exact) mass is 540 g/mol. The maximum Gasteiger partial charge on any atom is 0.145 e. The fourth-order valence-corrected chi connectivity index (χ4v) is 5.32. The van der Waals surface area contributed by atoms with E-state index >= 15 is 0 Å². The number of imidazole rings is 2. The predicted octanol–water partition coefficient (Wildman–Crippen LogP) is 8.46. The zero-order chi connectivity index (χ0) is 24.8. The molecule has 2 heterocycles. The molecule has 0 saturated heterocycles. The molecule has 5 heteroatoms. The van der Waals surface area contributed by atoms with Crippen molar-refractivity contribution in [1.82, 2.24) is 19.1 Å². The lowest BCUT2D eigenvalue weighted by atomic mass is 10.1. The number of hydrogen-bond acceptors (Lipinski definition) is 2. The number of para-hydroxylation sites is 4. The molecule has 0 fully saturated rings. The van der Waals surface area contributed by atoms with Crippen LogP contribution in [0.5, 0.6) is 0 Å². The number of halogens is 1. The minimum atomic E-state index is 0.895. The fraction of sp³-hybridized carbons (Fsp3) is 0. The van der Waals surface area contributed by atoms with Crippen LogP contribution in [0.3, 0.4) is 0 Å². The van der Waals surface area contributed by atoms with Gasteiger partial charge in [0.15, 0.2) is 0 Å². The molecular weight excluding hydrogens is 520 g/mol. The van der Waals surface area contributed by atoms with Crippen LogP contribution in [-0.2, 0) is 0 Å². The summed E-state index contributed by atoms with van der Waals surface area (Å²) in [5, 5.41) is 0. The average Bonchev–Trinajstić information content (AvgIpc) is 3.53. The van der Waals surface area contributed by atoms with Gasteiger partial charge in [0, 0.05) is 15.6 Å². The van der Waals surface area contributed by atoms with Crippen molar-refractivity contribution in [3.05, 3.63) is 132 Å². The Morgan fingerprint density at radius 3 is 1.46 bits per heavy atom. The molecule has 176 valence electrons. The second kappa shape index (κ2) is 8.87. The standard InChI is InChI=1S/C32H21BrN4/c33-24-19-20-29(36-27-17-9-7-15-25(27)34-31(36)22-11-3-1-4-12-22)30(21-24)37-28-18-10-8-16-26(28)35-32(37)23-13-5-2-6-14-23/h1-21H. The first-order valence-electron chi connectivity index (χ1n) is 12.1. The van der Waals surface area contributed by atoms with Crippen molar-refractivity contribution >= 4 is 38.0 Å². The van der Waals surface area contributed by atoms with E-state index in [1.54, 1.807) is 0 Å². The van der Waals surface area contributed by atoms with Crippen molar-refractivity contribution in [2.75, 3.05) is 0 Å². The summed E-state index contributed by atoms with van der Waals surface area (Å²) >= 11 is 3.74. The molecule has 0 aliphatic heterocycles. The maximum atomic E-state index is 5.08. The van der Waals surface area contributed by atoms with Crippen LogP contribution in [0.1, 0.15) is 0 Å². The third-order valence-corrected chi connectivity index (χ3v) is 7.10. The Kier molecular flexibility index (Phi) is 5.22. The Morgan fingerprint density at radius 1 is 0.459 bits per heavy atom. The summed E-state index contributed by atoms with van der Waals surface area (Å²) in [4.78, 5) is 10.2. The molecule has 5 aromatic carbocycles. The van der Waals surface area contributed by atoms with Gasteiger partial charge in [0.2, 0.25) is 0 Å². The largest absolute Gasteiger partial charge is 0.290 e. The zero-order valence-corrected chi connectivity index (χ0v) is 21.4. The van der Waals surface area contributed by atoms with Crippen molar-refractivity contribution in [3.63, 3.8) is 0 Å². The van der Waals surface area contributed by atoms with Crippen LogP contribution in [0.2, 0.25) is 0 Å². The Hall–Kier alpha value is -4.48. The highest BCUT2D eigenvalue weighted by Gasteiger charge is 2.21. The van der Waals surface area contributed by atoms with Crippen molar-refractivity contribution in [3.8, 4) is 34.2 Å². The van der Waals surface area contributed by atoms with Gasteiger partial charge in [-0.2, -0.15) is 0 Å². The highest BCUT2D eigenvalue weighted by atomic mass is 79.9. The topological polar surface area (TPSA) is 35.6 Å². The average molecular weight is 541 g/mol. The normalized spacial score (nSPS) is 11.4. The molecule has 0 unspecified atom stereocenters. The van der Waals surface area contributed by atoms with Gasteiger partial charge >= 0.3 is 0 Å². The molecular formula is C32H21BrN4. The Balaban J connectivity index is 1.60. The smallest absolute Gasteiger partial charge is 0.145 e. The molecule has 7 rings (SSSR count). The quantitative estimate of drug-likeness (QED) is 0.224. The number of rotatable bonds is 4. The van der Waals surface area contributed by atoms with Gasteiger partial charge in [-0.15, -0.1) is 0 Å². The molecule has 7 aromatic rings. The molecule has 0 aliphatic carbocycles. The fourth-order valence-electron chi connectivity index (χ4n) is 4.97. The van der Waals surface area contributed by atoms with Crippen LogP contribution >= 0.6 is 15.9 Å². The lowest BCUT2D eigenvalue weighted by Crippen LogP contribution is -2.06. The van der Waals surface area contributed by atoms with Crippen LogP contribution in [0.4, 0.5) is 0 Å². The lowest BCUT2D eigenvalue weighted by Gasteiger charge is -2.18. The van der Waals surface area contributed by atoms with Crippen LogP contribution in [0, 0.1) is 0 Å². The molecule has 0 aliphatic rings. The van der Waals surface area contributed by atoms with Crippen LogP contribution in [-0.4, -0.2) is 19.1 Å². The van der Waals surface area contributed by atoms with Gasteiger partial charge < -0.3 is 0 Å². The molecule has 0 saturated carbocycles. The SMILES string of the molecule is Brc1ccc(-n2c(-c3ccccc3)nc3ccccc32)c(-n2c(-c3ccccc3)nc3ccccc32)c1. The van der Waals surface area contributed by atoms with Crippen molar-refractivity contribution in [1.29, 1.82) is 0 Å². The molecule has 0 bridgehead atoms. The second-order valence-electron chi connectivity index (χ2n) is 8.88. The summed E-state index contributed by atoms with van der Waals surface area (Å²) in [5.41, 5.74) is 8.16.